The number of sulfone groups is 1. The fourth-order valence-electron chi connectivity index (χ4n) is 2.67. The summed E-state index contributed by atoms with van der Waals surface area (Å²) in [5, 5.41) is 10.6. The maximum atomic E-state index is 12.6. The van der Waals surface area contributed by atoms with Crippen LogP contribution in [0.5, 0.6) is 0 Å². The van der Waals surface area contributed by atoms with Gasteiger partial charge in [0.1, 0.15) is 5.03 Å². The lowest BCUT2D eigenvalue weighted by Gasteiger charge is -2.10. The summed E-state index contributed by atoms with van der Waals surface area (Å²) in [6, 6.07) is 15.9. The molecule has 2 aromatic carbocycles. The Morgan fingerprint density at radius 3 is 2.38 bits per heavy atom. The fraction of sp³-hybridized carbons (Fsp3) is 0.182. The van der Waals surface area contributed by atoms with Crippen LogP contribution in [0.4, 0.5) is 5.69 Å². The molecule has 1 heterocycles. The van der Waals surface area contributed by atoms with E-state index in [1.807, 2.05) is 6.92 Å². The number of aryl methyl sites for hydroxylation is 1. The van der Waals surface area contributed by atoms with Gasteiger partial charge in [-0.15, -0.1) is 10.2 Å². The monoisotopic (exact) mass is 471 g/mol. The first-order chi connectivity index (χ1) is 15.3. The molecule has 0 spiro atoms. The standard InChI is InChI=1S/C22H21N3O5S2/c1-3-30-22(27)17-6-4-5-7-18(17)23-19(26)14-31-20-12-13-21(25-24-20)32(28,29)16-10-8-15(2)9-11-16/h4-13H,3,14H2,1-2H3,(H,23,26). The van der Waals surface area contributed by atoms with E-state index in [4.69, 9.17) is 4.74 Å². The first kappa shape index (κ1) is 23.4. The number of aromatic nitrogens is 2. The van der Waals surface area contributed by atoms with Crippen molar-refractivity contribution in [1.29, 1.82) is 0 Å². The van der Waals surface area contributed by atoms with Crippen LogP contribution in [-0.2, 0) is 19.4 Å². The summed E-state index contributed by atoms with van der Waals surface area (Å²) in [4.78, 5) is 24.5. The number of carbonyl (C=O) groups is 2. The van der Waals surface area contributed by atoms with Crippen LogP contribution in [0.15, 0.2) is 75.6 Å². The molecule has 1 N–H and O–H groups in total. The molecule has 32 heavy (non-hydrogen) atoms. The van der Waals surface area contributed by atoms with Gasteiger partial charge in [0.15, 0.2) is 5.03 Å². The van der Waals surface area contributed by atoms with E-state index in [1.54, 1.807) is 43.3 Å². The van der Waals surface area contributed by atoms with Gasteiger partial charge in [0.2, 0.25) is 15.7 Å². The first-order valence-electron chi connectivity index (χ1n) is 9.65. The van der Waals surface area contributed by atoms with Crippen molar-refractivity contribution in [1.82, 2.24) is 10.2 Å². The molecule has 166 valence electrons. The van der Waals surface area contributed by atoms with E-state index in [-0.39, 0.29) is 33.8 Å². The fourth-order valence-corrected chi connectivity index (χ4v) is 4.42. The molecule has 0 radical (unpaired) electrons. The summed E-state index contributed by atoms with van der Waals surface area (Å²) in [5.41, 5.74) is 1.56. The second-order valence-electron chi connectivity index (χ2n) is 6.63. The third kappa shape index (κ3) is 5.71. The lowest BCUT2D eigenvalue weighted by Crippen LogP contribution is -2.17. The van der Waals surface area contributed by atoms with Crippen LogP contribution in [0.2, 0.25) is 0 Å². The summed E-state index contributed by atoms with van der Waals surface area (Å²) in [5.74, 6) is -0.882. The summed E-state index contributed by atoms with van der Waals surface area (Å²) in [6.45, 7) is 3.80. The predicted molar refractivity (Wildman–Crippen MR) is 120 cm³/mol. The second kappa shape index (κ2) is 10.4. The minimum Gasteiger partial charge on any atom is -0.462 e. The Kier molecular flexibility index (Phi) is 7.60. The molecule has 0 aliphatic carbocycles. The Hall–Kier alpha value is -3.24. The lowest BCUT2D eigenvalue weighted by molar-refractivity contribution is -0.113. The molecular weight excluding hydrogens is 450 g/mol. The number of esters is 1. The highest BCUT2D eigenvalue weighted by molar-refractivity contribution is 7.99. The molecule has 0 fully saturated rings. The number of nitrogens with zero attached hydrogens (tertiary/aromatic N) is 2. The maximum Gasteiger partial charge on any atom is 0.340 e. The van der Waals surface area contributed by atoms with Crippen LogP contribution in [0.1, 0.15) is 22.8 Å². The van der Waals surface area contributed by atoms with E-state index >= 15 is 0 Å². The number of hydrogen-bond donors (Lipinski definition) is 1. The molecule has 0 bridgehead atoms. The quantitative estimate of drug-likeness (QED) is 0.392. The zero-order valence-corrected chi connectivity index (χ0v) is 19.1. The number of rotatable bonds is 8. The van der Waals surface area contributed by atoms with Crippen molar-refractivity contribution in [3.63, 3.8) is 0 Å². The molecular formula is C22H21N3O5S2. The van der Waals surface area contributed by atoms with Crippen molar-refractivity contribution in [3.05, 3.63) is 71.8 Å². The number of amides is 1. The number of anilines is 1. The van der Waals surface area contributed by atoms with Gasteiger partial charge in [0, 0.05) is 0 Å². The predicted octanol–water partition coefficient (Wildman–Crippen LogP) is 3.53. The van der Waals surface area contributed by atoms with Crippen LogP contribution in [0, 0.1) is 6.92 Å². The van der Waals surface area contributed by atoms with Crippen molar-refractivity contribution < 1.29 is 22.7 Å². The number of carbonyl (C=O) groups excluding carboxylic acids is 2. The third-order valence-electron chi connectivity index (χ3n) is 4.27. The van der Waals surface area contributed by atoms with Gasteiger partial charge in [-0.05, 0) is 50.2 Å². The minimum absolute atomic E-state index is 0.00407. The lowest BCUT2D eigenvalue weighted by atomic mass is 10.2. The number of benzene rings is 2. The number of nitrogens with one attached hydrogen (secondary N) is 1. The highest BCUT2D eigenvalue weighted by Crippen LogP contribution is 2.22. The average Bonchev–Trinajstić information content (AvgIpc) is 2.79. The van der Waals surface area contributed by atoms with Crippen molar-refractivity contribution >= 4 is 39.2 Å². The van der Waals surface area contributed by atoms with E-state index in [0.29, 0.717) is 10.7 Å². The summed E-state index contributed by atoms with van der Waals surface area (Å²) in [6.07, 6.45) is 0. The number of hydrogen-bond acceptors (Lipinski definition) is 8. The third-order valence-corrected chi connectivity index (χ3v) is 6.85. The highest BCUT2D eigenvalue weighted by atomic mass is 32.2. The molecule has 1 aromatic heterocycles. The molecule has 0 aliphatic heterocycles. The highest BCUT2D eigenvalue weighted by Gasteiger charge is 2.20. The van der Waals surface area contributed by atoms with Crippen LogP contribution < -0.4 is 5.32 Å². The molecule has 3 rings (SSSR count). The molecule has 0 atom stereocenters. The normalized spacial score (nSPS) is 11.1. The van der Waals surface area contributed by atoms with Gasteiger partial charge in [-0.2, -0.15) is 0 Å². The van der Waals surface area contributed by atoms with E-state index in [1.165, 1.54) is 24.3 Å². The summed E-state index contributed by atoms with van der Waals surface area (Å²) >= 11 is 1.09. The van der Waals surface area contributed by atoms with Gasteiger partial charge >= 0.3 is 5.97 Å². The largest absolute Gasteiger partial charge is 0.462 e. The number of ether oxygens (including phenoxy) is 1. The topological polar surface area (TPSA) is 115 Å². The minimum atomic E-state index is -3.77. The molecule has 3 aromatic rings. The molecule has 0 saturated carbocycles. The van der Waals surface area contributed by atoms with Crippen molar-refractivity contribution in [2.75, 3.05) is 17.7 Å². The first-order valence-corrected chi connectivity index (χ1v) is 12.1. The second-order valence-corrected chi connectivity index (χ2v) is 9.52. The van der Waals surface area contributed by atoms with Crippen molar-refractivity contribution in [2.45, 2.75) is 28.8 Å². The van der Waals surface area contributed by atoms with E-state index < -0.39 is 15.8 Å². The van der Waals surface area contributed by atoms with Gasteiger partial charge in [0.25, 0.3) is 0 Å². The molecule has 1 amide bonds. The Morgan fingerprint density at radius 2 is 1.72 bits per heavy atom. The van der Waals surface area contributed by atoms with Crippen molar-refractivity contribution in [2.24, 2.45) is 0 Å². The van der Waals surface area contributed by atoms with Gasteiger partial charge < -0.3 is 10.1 Å². The summed E-state index contributed by atoms with van der Waals surface area (Å²) in [7, 11) is -3.77. The van der Waals surface area contributed by atoms with Crippen LogP contribution >= 0.6 is 11.8 Å². The molecule has 0 aliphatic rings. The summed E-state index contributed by atoms with van der Waals surface area (Å²) < 4.78 is 30.3. The Labute approximate surface area is 190 Å². The van der Waals surface area contributed by atoms with Crippen molar-refractivity contribution in [3.8, 4) is 0 Å². The van der Waals surface area contributed by atoms with E-state index in [2.05, 4.69) is 15.5 Å². The van der Waals surface area contributed by atoms with Gasteiger partial charge in [-0.25, -0.2) is 13.2 Å². The van der Waals surface area contributed by atoms with E-state index in [0.717, 1.165) is 17.3 Å². The zero-order valence-electron chi connectivity index (χ0n) is 17.4. The Morgan fingerprint density at radius 1 is 1.00 bits per heavy atom. The maximum absolute atomic E-state index is 12.6. The number of thioether (sulfide) groups is 1. The molecule has 10 heteroatoms. The SMILES string of the molecule is CCOC(=O)c1ccccc1NC(=O)CSc1ccc(S(=O)(=O)c2ccc(C)cc2)nn1. The van der Waals surface area contributed by atoms with Crippen LogP contribution in [-0.4, -0.2) is 42.9 Å². The Bertz CT molecular complexity index is 1210. The smallest absolute Gasteiger partial charge is 0.340 e. The van der Waals surface area contributed by atoms with E-state index in [9.17, 15) is 18.0 Å². The average molecular weight is 472 g/mol. The van der Waals surface area contributed by atoms with Gasteiger partial charge in [-0.3, -0.25) is 4.79 Å². The Balaban J connectivity index is 1.63. The van der Waals surface area contributed by atoms with Gasteiger partial charge in [-0.1, -0.05) is 41.6 Å². The van der Waals surface area contributed by atoms with Crippen LogP contribution in [0.25, 0.3) is 0 Å². The molecule has 8 nitrogen and oxygen atoms in total. The van der Waals surface area contributed by atoms with Crippen LogP contribution in [0.3, 0.4) is 0 Å². The molecule has 0 saturated heterocycles. The van der Waals surface area contributed by atoms with Gasteiger partial charge in [0.05, 0.1) is 28.5 Å². The zero-order chi connectivity index (χ0) is 23.1. The molecule has 0 unspecified atom stereocenters. The number of para-hydroxylation sites is 1.